The van der Waals surface area contributed by atoms with Crippen LogP contribution in [0.5, 0.6) is 0 Å². The molecule has 112 valence electrons. The van der Waals surface area contributed by atoms with Crippen LogP contribution in [0.15, 0.2) is 28.7 Å². The van der Waals surface area contributed by atoms with Crippen LogP contribution in [0.25, 0.3) is 11.0 Å². The third-order valence-electron chi connectivity index (χ3n) is 3.74. The summed E-state index contributed by atoms with van der Waals surface area (Å²) in [6, 6.07) is 5.59. The van der Waals surface area contributed by atoms with Crippen LogP contribution in [0.2, 0.25) is 0 Å². The number of methoxy groups -OCH3 is 1. The first kappa shape index (κ1) is 14.0. The van der Waals surface area contributed by atoms with Crippen molar-refractivity contribution in [2.24, 2.45) is 0 Å². The Labute approximate surface area is 120 Å². The molecule has 1 N–H and O–H groups in total. The molecule has 0 bridgehead atoms. The Morgan fingerprint density at radius 2 is 2.33 bits per heavy atom. The van der Waals surface area contributed by atoms with Crippen LogP contribution in [0.4, 0.5) is 4.39 Å². The lowest BCUT2D eigenvalue weighted by molar-refractivity contribution is -0.146. The zero-order chi connectivity index (χ0) is 15.0. The molecule has 0 spiro atoms. The van der Waals surface area contributed by atoms with E-state index in [1.165, 1.54) is 19.2 Å². The first-order chi connectivity index (χ1) is 10.1. The van der Waals surface area contributed by atoms with Gasteiger partial charge in [0.2, 0.25) is 0 Å². The van der Waals surface area contributed by atoms with Gasteiger partial charge in [0.15, 0.2) is 0 Å². The standard InChI is InChI=1S/C15H16FNO4/c1-20-15(19)13-6-11(18)7-17(13)8-12-5-9-4-10(16)2-3-14(9)21-12/h2-5,11,13,18H,6-8H2,1H3/t11-,13-/m0/s1. The maximum absolute atomic E-state index is 13.2. The summed E-state index contributed by atoms with van der Waals surface area (Å²) in [5, 5.41) is 10.4. The zero-order valence-corrected chi connectivity index (χ0v) is 11.6. The molecule has 2 atom stereocenters. The molecule has 1 aliphatic heterocycles. The van der Waals surface area contributed by atoms with E-state index >= 15 is 0 Å². The molecular formula is C15H16FNO4. The first-order valence-corrected chi connectivity index (χ1v) is 6.74. The van der Waals surface area contributed by atoms with Crippen molar-refractivity contribution in [3.63, 3.8) is 0 Å². The summed E-state index contributed by atoms with van der Waals surface area (Å²) in [5.74, 6) is -0.0637. The van der Waals surface area contributed by atoms with Crippen molar-refractivity contribution in [2.75, 3.05) is 13.7 Å². The van der Waals surface area contributed by atoms with Gasteiger partial charge in [-0.15, -0.1) is 0 Å². The van der Waals surface area contributed by atoms with Gasteiger partial charge in [-0.25, -0.2) is 4.39 Å². The summed E-state index contributed by atoms with van der Waals surface area (Å²) in [6.45, 7) is 0.748. The molecule has 2 heterocycles. The molecule has 2 aromatic rings. The Morgan fingerprint density at radius 1 is 1.52 bits per heavy atom. The average Bonchev–Trinajstić information content (AvgIpc) is 3.00. The molecule has 0 radical (unpaired) electrons. The van der Waals surface area contributed by atoms with Crippen LogP contribution in [0, 0.1) is 5.82 Å². The number of carbonyl (C=O) groups is 1. The molecule has 1 aromatic heterocycles. The Morgan fingerprint density at radius 3 is 3.10 bits per heavy atom. The van der Waals surface area contributed by atoms with Crippen LogP contribution < -0.4 is 0 Å². The highest BCUT2D eigenvalue weighted by molar-refractivity contribution is 5.78. The van der Waals surface area contributed by atoms with Gasteiger partial charge in [-0.05, 0) is 24.3 Å². The average molecular weight is 293 g/mol. The predicted molar refractivity (Wildman–Crippen MR) is 73.0 cm³/mol. The van der Waals surface area contributed by atoms with Gasteiger partial charge in [0.05, 0.1) is 19.8 Å². The maximum atomic E-state index is 13.2. The monoisotopic (exact) mass is 293 g/mol. The second-order valence-corrected chi connectivity index (χ2v) is 5.25. The van der Waals surface area contributed by atoms with Gasteiger partial charge in [0, 0.05) is 18.4 Å². The Bertz CT molecular complexity index is 669. The molecular weight excluding hydrogens is 277 g/mol. The molecule has 0 aliphatic carbocycles. The zero-order valence-electron chi connectivity index (χ0n) is 11.6. The van der Waals surface area contributed by atoms with E-state index in [2.05, 4.69) is 0 Å². The van der Waals surface area contributed by atoms with Crippen molar-refractivity contribution in [1.29, 1.82) is 0 Å². The molecule has 1 aliphatic rings. The lowest BCUT2D eigenvalue weighted by atomic mass is 10.2. The number of hydrogen-bond acceptors (Lipinski definition) is 5. The fourth-order valence-electron chi connectivity index (χ4n) is 2.78. The topological polar surface area (TPSA) is 62.9 Å². The lowest BCUT2D eigenvalue weighted by Gasteiger charge is -2.20. The number of β-amino-alcohol motifs (C(OH)–C–C–N with tert-alkyl or cyclic N) is 1. The van der Waals surface area contributed by atoms with Gasteiger partial charge in [-0.3, -0.25) is 9.69 Å². The maximum Gasteiger partial charge on any atom is 0.323 e. The molecule has 0 unspecified atom stereocenters. The largest absolute Gasteiger partial charge is 0.468 e. The summed E-state index contributed by atoms with van der Waals surface area (Å²) in [4.78, 5) is 13.5. The van der Waals surface area contributed by atoms with Gasteiger partial charge in [0.25, 0.3) is 0 Å². The van der Waals surface area contributed by atoms with Gasteiger partial charge in [-0.1, -0.05) is 0 Å². The molecule has 5 nitrogen and oxygen atoms in total. The predicted octanol–water partition coefficient (Wildman–Crippen LogP) is 1.68. The molecule has 1 aromatic carbocycles. The number of carbonyl (C=O) groups excluding carboxylic acids is 1. The number of aliphatic hydroxyl groups is 1. The molecule has 1 fully saturated rings. The first-order valence-electron chi connectivity index (χ1n) is 6.74. The van der Waals surface area contributed by atoms with E-state index in [-0.39, 0.29) is 11.8 Å². The van der Waals surface area contributed by atoms with Crippen LogP contribution in [0.1, 0.15) is 12.2 Å². The van der Waals surface area contributed by atoms with Gasteiger partial charge < -0.3 is 14.3 Å². The number of benzene rings is 1. The van der Waals surface area contributed by atoms with Crippen LogP contribution in [0.3, 0.4) is 0 Å². The minimum Gasteiger partial charge on any atom is -0.468 e. The second kappa shape index (κ2) is 5.46. The summed E-state index contributed by atoms with van der Waals surface area (Å²) in [7, 11) is 1.33. The van der Waals surface area contributed by atoms with Crippen molar-refractivity contribution in [2.45, 2.75) is 25.1 Å². The number of likely N-dealkylation sites (tertiary alicyclic amines) is 1. The van der Waals surface area contributed by atoms with Crippen LogP contribution in [-0.4, -0.2) is 41.8 Å². The minimum atomic E-state index is -0.559. The minimum absolute atomic E-state index is 0.320. The number of nitrogens with zero attached hydrogens (tertiary/aromatic N) is 1. The van der Waals surface area contributed by atoms with Gasteiger partial charge >= 0.3 is 5.97 Å². The highest BCUT2D eigenvalue weighted by Crippen LogP contribution is 2.25. The van der Waals surface area contributed by atoms with E-state index in [1.54, 1.807) is 12.1 Å². The number of hydrogen-bond donors (Lipinski definition) is 1. The third-order valence-corrected chi connectivity index (χ3v) is 3.74. The Hall–Kier alpha value is -1.92. The Balaban J connectivity index is 1.81. The van der Waals surface area contributed by atoms with Crippen molar-refractivity contribution >= 4 is 16.9 Å². The van der Waals surface area contributed by atoms with Crippen molar-refractivity contribution < 1.29 is 23.4 Å². The number of furan rings is 1. The lowest BCUT2D eigenvalue weighted by Crippen LogP contribution is -2.36. The normalized spacial score (nSPS) is 22.8. The molecule has 0 amide bonds. The SMILES string of the molecule is COC(=O)[C@@H]1C[C@H](O)CN1Cc1cc2cc(F)ccc2o1. The number of esters is 1. The van der Waals surface area contributed by atoms with Gasteiger partial charge in [-0.2, -0.15) is 0 Å². The number of ether oxygens (including phenoxy) is 1. The smallest absolute Gasteiger partial charge is 0.323 e. The number of fused-ring (bicyclic) bond motifs is 1. The van der Waals surface area contributed by atoms with E-state index in [9.17, 15) is 14.3 Å². The number of rotatable bonds is 3. The fourth-order valence-corrected chi connectivity index (χ4v) is 2.78. The molecule has 0 saturated carbocycles. The summed E-state index contributed by atoms with van der Waals surface area (Å²) in [5.41, 5.74) is 0.598. The van der Waals surface area contributed by atoms with Crippen molar-refractivity contribution in [3.05, 3.63) is 35.8 Å². The summed E-state index contributed by atoms with van der Waals surface area (Å²) in [6.07, 6.45) is -0.211. The second-order valence-electron chi connectivity index (χ2n) is 5.25. The van der Waals surface area contributed by atoms with E-state index in [0.717, 1.165) is 0 Å². The van der Waals surface area contributed by atoms with Crippen molar-refractivity contribution in [1.82, 2.24) is 4.90 Å². The highest BCUT2D eigenvalue weighted by atomic mass is 19.1. The van der Waals surface area contributed by atoms with Crippen LogP contribution in [-0.2, 0) is 16.1 Å². The molecule has 1 saturated heterocycles. The van der Waals surface area contributed by atoms with E-state index in [0.29, 0.717) is 36.2 Å². The Kier molecular flexibility index (Phi) is 3.65. The molecule has 21 heavy (non-hydrogen) atoms. The number of halogens is 1. The molecule has 6 heteroatoms. The highest BCUT2D eigenvalue weighted by Gasteiger charge is 2.37. The summed E-state index contributed by atoms with van der Waals surface area (Å²) < 4.78 is 23.6. The summed E-state index contributed by atoms with van der Waals surface area (Å²) >= 11 is 0. The van der Waals surface area contributed by atoms with E-state index < -0.39 is 12.1 Å². The number of aliphatic hydroxyl groups excluding tert-OH is 1. The molecule has 3 rings (SSSR count). The quantitative estimate of drug-likeness (QED) is 0.872. The van der Waals surface area contributed by atoms with Crippen molar-refractivity contribution in [3.8, 4) is 0 Å². The fraction of sp³-hybridized carbons (Fsp3) is 0.400. The van der Waals surface area contributed by atoms with E-state index in [1.807, 2.05) is 4.90 Å². The third kappa shape index (κ3) is 2.77. The van der Waals surface area contributed by atoms with Crippen LogP contribution >= 0.6 is 0 Å². The van der Waals surface area contributed by atoms with E-state index in [4.69, 9.17) is 9.15 Å². The van der Waals surface area contributed by atoms with Gasteiger partial charge in [0.1, 0.15) is 23.2 Å².